The molecule has 2 aromatic rings. The summed E-state index contributed by atoms with van der Waals surface area (Å²) in [6.45, 7) is 3.98. The van der Waals surface area contributed by atoms with Crippen LogP contribution in [0.4, 0.5) is 0 Å². The van der Waals surface area contributed by atoms with Gasteiger partial charge in [0.25, 0.3) is 0 Å². The minimum absolute atomic E-state index is 0.557. The third kappa shape index (κ3) is 1.62. The maximum atomic E-state index is 12.2. The summed E-state index contributed by atoms with van der Waals surface area (Å²) in [7, 11) is -2.01. The molecule has 0 aliphatic carbocycles. The first kappa shape index (κ1) is 15.0. The molecule has 1 heterocycles. The fourth-order valence-electron chi connectivity index (χ4n) is 3.43. The normalized spacial score (nSPS) is 22.9. The molecule has 0 radical (unpaired) electrons. The van der Waals surface area contributed by atoms with Gasteiger partial charge in [-0.2, -0.15) is 0 Å². The Morgan fingerprint density at radius 2 is 1.41 bits per heavy atom. The van der Waals surface area contributed by atoms with E-state index >= 15 is 0 Å². The quantitative estimate of drug-likeness (QED) is 0.646. The van der Waals surface area contributed by atoms with E-state index in [1.54, 1.807) is 13.3 Å². The van der Waals surface area contributed by atoms with Crippen LogP contribution in [0.15, 0.2) is 60.7 Å². The number of hydrogen-bond acceptors (Lipinski definition) is 3. The van der Waals surface area contributed by atoms with E-state index in [0.29, 0.717) is 4.90 Å². The molecule has 0 saturated carbocycles. The Labute approximate surface area is 130 Å². The third-order valence-corrected chi connectivity index (χ3v) is 10.4. The summed E-state index contributed by atoms with van der Waals surface area (Å²) in [5, 5.41) is 13.4. The van der Waals surface area contributed by atoms with E-state index in [0.717, 1.165) is 10.6 Å². The Morgan fingerprint density at radius 3 is 1.73 bits per heavy atom. The summed E-state index contributed by atoms with van der Waals surface area (Å²) < 4.78 is 12.2. The predicted molar refractivity (Wildman–Crippen MR) is 90.9 cm³/mol. The van der Waals surface area contributed by atoms with Crippen LogP contribution in [0.3, 0.4) is 0 Å². The molecule has 5 heteroatoms. The summed E-state index contributed by atoms with van der Waals surface area (Å²) in [5.41, 5.74) is 0. The molecular weight excluding hydrogens is 297 g/mol. The van der Waals surface area contributed by atoms with Crippen LogP contribution >= 0.6 is 7.06 Å². The average molecular weight is 317 g/mol. The second-order valence-corrected chi connectivity index (χ2v) is 10.6. The molecule has 0 spiro atoms. The van der Waals surface area contributed by atoms with Crippen molar-refractivity contribution >= 4 is 23.9 Å². The first-order valence-electron chi connectivity index (χ1n) is 7.18. The third-order valence-electron chi connectivity index (χ3n) is 4.50. The van der Waals surface area contributed by atoms with Crippen molar-refractivity contribution in [1.82, 2.24) is 0 Å². The average Bonchev–Trinajstić information content (AvgIpc) is 2.76. The van der Waals surface area contributed by atoms with E-state index in [1.165, 1.54) is 0 Å². The molecular formula is C17H20NO3P. The monoisotopic (exact) mass is 317 g/mol. The van der Waals surface area contributed by atoms with Crippen LogP contribution in [0.25, 0.3) is 0 Å². The van der Waals surface area contributed by atoms with Crippen LogP contribution in [-0.2, 0) is 9.15 Å². The summed E-state index contributed by atoms with van der Waals surface area (Å²) in [5.74, 6) is 0. The number of nitrogens with zero attached hydrogens (tertiary/aromatic N) is 1. The molecule has 0 fully saturated rings. The molecule has 0 amide bonds. The van der Waals surface area contributed by atoms with Gasteiger partial charge < -0.3 is 0 Å². The van der Waals surface area contributed by atoms with Crippen LogP contribution in [0.5, 0.6) is 0 Å². The van der Waals surface area contributed by atoms with Crippen molar-refractivity contribution in [2.75, 3.05) is 7.11 Å². The van der Waals surface area contributed by atoms with Gasteiger partial charge in [0, 0.05) is 0 Å². The van der Waals surface area contributed by atoms with Crippen LogP contribution < -0.4 is 10.6 Å². The molecule has 0 aromatic heterocycles. The van der Waals surface area contributed by atoms with Crippen molar-refractivity contribution in [2.45, 2.75) is 19.0 Å². The van der Waals surface area contributed by atoms with Crippen molar-refractivity contribution < 1.29 is 14.1 Å². The number of benzene rings is 2. The summed E-state index contributed by atoms with van der Waals surface area (Å²) in [4.78, 5) is 0.557. The molecule has 3 rings (SSSR count). The van der Waals surface area contributed by atoms with E-state index in [2.05, 4.69) is 0 Å². The Balaban J connectivity index is 2.43. The van der Waals surface area contributed by atoms with Crippen molar-refractivity contribution in [1.29, 1.82) is 0 Å². The van der Waals surface area contributed by atoms with Crippen LogP contribution in [0.2, 0.25) is 0 Å². The molecule has 4 nitrogen and oxygen atoms in total. The zero-order valence-corrected chi connectivity index (χ0v) is 13.9. The fourth-order valence-corrected chi connectivity index (χ4v) is 8.50. The first-order valence-corrected chi connectivity index (χ1v) is 9.25. The Kier molecular flexibility index (Phi) is 3.28. The minimum atomic E-state index is -3.65. The molecule has 116 valence electrons. The zero-order valence-electron chi connectivity index (χ0n) is 13.0. The zero-order chi connectivity index (χ0) is 15.9. The predicted octanol–water partition coefficient (Wildman–Crippen LogP) is 2.97. The van der Waals surface area contributed by atoms with Gasteiger partial charge in [-0.3, -0.25) is 0 Å². The molecule has 1 aliphatic heterocycles. The fraction of sp³-hybridized carbons (Fsp3) is 0.235. The number of hydrogen-bond donors (Lipinski definition) is 0. The van der Waals surface area contributed by atoms with Crippen molar-refractivity contribution in [3.63, 3.8) is 0 Å². The first-order chi connectivity index (χ1) is 10.5. The molecule has 0 saturated heterocycles. The van der Waals surface area contributed by atoms with E-state index < -0.39 is 12.2 Å². The second kappa shape index (κ2) is 4.80. The molecule has 22 heavy (non-hydrogen) atoms. The molecule has 0 bridgehead atoms. The molecule has 0 atom stereocenters. The topological polar surface area (TPSA) is 44.5 Å². The van der Waals surface area contributed by atoms with Crippen LogP contribution in [-0.4, -0.2) is 23.4 Å². The van der Waals surface area contributed by atoms with Crippen LogP contribution in [0, 0.1) is 5.21 Å². The summed E-state index contributed by atoms with van der Waals surface area (Å²) in [6.07, 6.45) is 1.56. The molecule has 0 unspecified atom stereocenters. The molecule has 1 aliphatic rings. The van der Waals surface area contributed by atoms with Gasteiger partial charge >= 0.3 is 130 Å². The Morgan fingerprint density at radius 1 is 0.955 bits per heavy atom. The van der Waals surface area contributed by atoms with Gasteiger partial charge in [-0.1, -0.05) is 0 Å². The van der Waals surface area contributed by atoms with Gasteiger partial charge in [-0.15, -0.1) is 0 Å². The standard InChI is InChI=1S/C17H20NO3P/c1-17(2)14-18(19)21-22(17,20-3,15-10-6-4-7-11-15)16-12-8-5-9-13-16/h4-14H,1-3H3. The molecule has 0 N–H and O–H groups in total. The van der Waals surface area contributed by atoms with Crippen molar-refractivity contribution in [3.8, 4) is 0 Å². The van der Waals surface area contributed by atoms with Gasteiger partial charge in [-0.05, 0) is 0 Å². The Hall–Kier alpha value is -1.90. The number of rotatable bonds is 3. The van der Waals surface area contributed by atoms with Gasteiger partial charge in [0.1, 0.15) is 0 Å². The van der Waals surface area contributed by atoms with Gasteiger partial charge in [0.2, 0.25) is 0 Å². The van der Waals surface area contributed by atoms with Crippen molar-refractivity contribution in [3.05, 3.63) is 65.9 Å². The molecule has 2 aromatic carbocycles. The van der Waals surface area contributed by atoms with Crippen molar-refractivity contribution in [2.24, 2.45) is 0 Å². The SMILES string of the molecule is COP1(c2ccccc2)(c2ccccc2)O[N+]([O-])=CC1(C)C. The van der Waals surface area contributed by atoms with E-state index in [4.69, 9.17) is 9.15 Å². The Bertz CT molecular complexity index is 674. The second-order valence-electron chi connectivity index (χ2n) is 5.96. The van der Waals surface area contributed by atoms with Gasteiger partial charge in [0.05, 0.1) is 0 Å². The van der Waals surface area contributed by atoms with E-state index in [9.17, 15) is 5.21 Å². The van der Waals surface area contributed by atoms with Crippen LogP contribution in [0.1, 0.15) is 13.8 Å². The van der Waals surface area contributed by atoms with E-state index in [-0.39, 0.29) is 0 Å². The summed E-state index contributed by atoms with van der Waals surface area (Å²) >= 11 is 0. The summed E-state index contributed by atoms with van der Waals surface area (Å²) in [6, 6.07) is 19.6. The van der Waals surface area contributed by atoms with Gasteiger partial charge in [-0.25, -0.2) is 0 Å². The van der Waals surface area contributed by atoms with Gasteiger partial charge in [0.15, 0.2) is 0 Å². The van der Waals surface area contributed by atoms with E-state index in [1.807, 2.05) is 74.5 Å². The maximum absolute atomic E-state index is 12.2.